The maximum Gasteiger partial charge on any atom is 0.116 e. The van der Waals surface area contributed by atoms with Crippen molar-refractivity contribution in [3.8, 4) is 0 Å². The smallest absolute Gasteiger partial charge is 0.116 e. The molecule has 0 aromatic carbocycles. The van der Waals surface area contributed by atoms with E-state index >= 15 is 0 Å². The van der Waals surface area contributed by atoms with Crippen LogP contribution in [0.3, 0.4) is 0 Å². The van der Waals surface area contributed by atoms with E-state index in [4.69, 9.17) is 0 Å². The molecular formula is C6H13F2P. The predicted octanol–water partition coefficient (Wildman–Crippen LogP) is 2.69. The van der Waals surface area contributed by atoms with E-state index in [0.717, 1.165) is 6.42 Å². The third kappa shape index (κ3) is 6.17. The average Bonchev–Trinajstić information content (AvgIpc) is 1.63. The molecule has 3 unspecified atom stereocenters. The second-order valence-electron chi connectivity index (χ2n) is 2.14. The lowest BCUT2D eigenvalue weighted by molar-refractivity contribution is 0.254. The summed E-state index contributed by atoms with van der Waals surface area (Å²) < 4.78 is 24.4. The highest BCUT2D eigenvalue weighted by Gasteiger charge is 2.08. The van der Waals surface area contributed by atoms with Crippen molar-refractivity contribution < 1.29 is 8.78 Å². The maximum atomic E-state index is 12.4. The Hall–Kier alpha value is 0.290. The van der Waals surface area contributed by atoms with Gasteiger partial charge in [0.1, 0.15) is 12.1 Å². The van der Waals surface area contributed by atoms with E-state index in [-0.39, 0.29) is 6.42 Å². The number of alkyl halides is 2. The molecule has 0 bridgehead atoms. The Kier molecular flexibility index (Phi) is 5.27. The first kappa shape index (κ1) is 9.29. The van der Waals surface area contributed by atoms with Crippen LogP contribution in [0.1, 0.15) is 26.2 Å². The molecule has 9 heavy (non-hydrogen) atoms. The predicted molar refractivity (Wildman–Crippen MR) is 39.0 cm³/mol. The highest BCUT2D eigenvalue weighted by atomic mass is 31.0. The minimum absolute atomic E-state index is 0.0263. The van der Waals surface area contributed by atoms with Gasteiger partial charge in [0.15, 0.2) is 0 Å². The highest BCUT2D eigenvalue weighted by molar-refractivity contribution is 7.17. The van der Waals surface area contributed by atoms with Gasteiger partial charge in [-0.1, -0.05) is 13.3 Å². The minimum atomic E-state index is -1.08. The van der Waals surface area contributed by atoms with E-state index in [0.29, 0.717) is 6.42 Å². The number of hydrogen-bond donors (Lipinski definition) is 0. The first-order chi connectivity index (χ1) is 4.16. The Labute approximate surface area is 57.2 Å². The molecule has 3 atom stereocenters. The van der Waals surface area contributed by atoms with E-state index in [1.807, 2.05) is 16.2 Å². The molecule has 0 aliphatic rings. The van der Waals surface area contributed by atoms with E-state index in [1.54, 1.807) is 0 Å². The standard InChI is InChI=1S/C6H13F2P/c1-2-3-5(7)4-6(8)9/h5-6H,2-4,9H2,1H3. The van der Waals surface area contributed by atoms with Crippen molar-refractivity contribution in [3.05, 3.63) is 0 Å². The van der Waals surface area contributed by atoms with Crippen LogP contribution in [0.25, 0.3) is 0 Å². The quantitative estimate of drug-likeness (QED) is 0.546. The molecule has 0 aliphatic carbocycles. The van der Waals surface area contributed by atoms with Gasteiger partial charge in [-0.05, 0) is 6.42 Å². The molecule has 0 saturated heterocycles. The molecule has 0 aromatic heterocycles. The summed E-state index contributed by atoms with van der Waals surface area (Å²) in [6.07, 6.45) is 0.341. The first-order valence-corrected chi connectivity index (χ1v) is 3.87. The number of hydrogen-bond acceptors (Lipinski definition) is 0. The molecule has 0 spiro atoms. The Morgan fingerprint density at radius 2 is 2.00 bits per heavy atom. The van der Waals surface area contributed by atoms with Crippen LogP contribution < -0.4 is 0 Å². The monoisotopic (exact) mass is 154 g/mol. The van der Waals surface area contributed by atoms with Crippen molar-refractivity contribution in [2.45, 2.75) is 38.3 Å². The Morgan fingerprint density at radius 3 is 2.33 bits per heavy atom. The summed E-state index contributed by atoms with van der Waals surface area (Å²) >= 11 is 0. The van der Waals surface area contributed by atoms with Crippen molar-refractivity contribution >= 4 is 9.24 Å². The van der Waals surface area contributed by atoms with Crippen LogP contribution in [0.5, 0.6) is 0 Å². The normalized spacial score (nSPS) is 17.3. The molecule has 0 aliphatic heterocycles. The van der Waals surface area contributed by atoms with E-state index in [2.05, 4.69) is 0 Å². The van der Waals surface area contributed by atoms with Gasteiger partial charge in [-0.2, -0.15) is 0 Å². The lowest BCUT2D eigenvalue weighted by Crippen LogP contribution is -2.03. The summed E-state index contributed by atoms with van der Waals surface area (Å²) in [4.78, 5) is 0. The van der Waals surface area contributed by atoms with Gasteiger partial charge in [-0.15, -0.1) is 9.24 Å². The molecule has 0 nitrogen and oxygen atoms in total. The molecule has 56 valence electrons. The Bertz CT molecular complexity index is 66.1. The Morgan fingerprint density at radius 1 is 1.44 bits per heavy atom. The van der Waals surface area contributed by atoms with Crippen molar-refractivity contribution in [1.82, 2.24) is 0 Å². The summed E-state index contributed by atoms with van der Waals surface area (Å²) in [5.41, 5.74) is 0. The highest BCUT2D eigenvalue weighted by Crippen LogP contribution is 2.15. The van der Waals surface area contributed by atoms with Gasteiger partial charge in [0.25, 0.3) is 0 Å². The van der Waals surface area contributed by atoms with E-state index in [9.17, 15) is 8.78 Å². The minimum Gasteiger partial charge on any atom is -0.247 e. The second kappa shape index (κ2) is 5.10. The first-order valence-electron chi connectivity index (χ1n) is 3.20. The van der Waals surface area contributed by atoms with E-state index in [1.165, 1.54) is 0 Å². The number of rotatable bonds is 4. The van der Waals surface area contributed by atoms with Crippen molar-refractivity contribution in [1.29, 1.82) is 0 Å². The van der Waals surface area contributed by atoms with Gasteiger partial charge in [0.05, 0.1) is 0 Å². The largest absolute Gasteiger partial charge is 0.247 e. The van der Waals surface area contributed by atoms with Crippen molar-refractivity contribution in [3.63, 3.8) is 0 Å². The molecule has 0 amide bonds. The van der Waals surface area contributed by atoms with Crippen LogP contribution in [0.2, 0.25) is 0 Å². The fourth-order valence-corrected chi connectivity index (χ4v) is 0.971. The summed E-state index contributed by atoms with van der Waals surface area (Å²) in [7, 11) is 1.95. The zero-order valence-electron chi connectivity index (χ0n) is 5.61. The summed E-state index contributed by atoms with van der Waals surface area (Å²) in [5.74, 6) is -1.08. The van der Waals surface area contributed by atoms with Crippen LogP contribution in [0.15, 0.2) is 0 Å². The molecule has 0 radical (unpaired) electrons. The Balaban J connectivity index is 3.15. The van der Waals surface area contributed by atoms with E-state index < -0.39 is 12.1 Å². The molecule has 0 fully saturated rings. The van der Waals surface area contributed by atoms with Gasteiger partial charge in [-0.3, -0.25) is 0 Å². The van der Waals surface area contributed by atoms with Gasteiger partial charge >= 0.3 is 0 Å². The summed E-state index contributed by atoms with van der Waals surface area (Å²) in [6, 6.07) is 0. The molecule has 0 aromatic rings. The maximum absolute atomic E-state index is 12.4. The van der Waals surface area contributed by atoms with Crippen molar-refractivity contribution in [2.24, 2.45) is 0 Å². The van der Waals surface area contributed by atoms with Crippen LogP contribution in [-0.4, -0.2) is 12.1 Å². The SMILES string of the molecule is CCCC(F)CC(F)P. The van der Waals surface area contributed by atoms with Crippen LogP contribution >= 0.6 is 9.24 Å². The fraction of sp³-hybridized carbons (Fsp3) is 1.00. The van der Waals surface area contributed by atoms with Gasteiger partial charge in [-0.25, -0.2) is 8.78 Å². The molecule has 0 N–H and O–H groups in total. The molecular weight excluding hydrogens is 141 g/mol. The lowest BCUT2D eigenvalue weighted by atomic mass is 10.2. The zero-order chi connectivity index (χ0) is 7.28. The topological polar surface area (TPSA) is 0 Å². The molecule has 0 rings (SSSR count). The lowest BCUT2D eigenvalue weighted by Gasteiger charge is -2.05. The van der Waals surface area contributed by atoms with Crippen LogP contribution in [-0.2, 0) is 0 Å². The molecule has 0 heterocycles. The van der Waals surface area contributed by atoms with Crippen molar-refractivity contribution in [2.75, 3.05) is 0 Å². The second-order valence-corrected chi connectivity index (χ2v) is 2.86. The van der Waals surface area contributed by atoms with Crippen LogP contribution in [0.4, 0.5) is 8.78 Å². The molecule has 3 heteroatoms. The van der Waals surface area contributed by atoms with Gasteiger partial charge in [0, 0.05) is 6.42 Å². The fourth-order valence-electron chi connectivity index (χ4n) is 0.675. The van der Waals surface area contributed by atoms with Gasteiger partial charge in [0.2, 0.25) is 0 Å². The zero-order valence-corrected chi connectivity index (χ0v) is 6.76. The van der Waals surface area contributed by atoms with Gasteiger partial charge < -0.3 is 0 Å². The number of halogens is 2. The average molecular weight is 154 g/mol. The van der Waals surface area contributed by atoms with Crippen LogP contribution in [0, 0.1) is 0 Å². The molecule has 0 saturated carbocycles. The summed E-state index contributed by atoms with van der Waals surface area (Å²) in [6.45, 7) is 1.89. The third-order valence-electron chi connectivity index (χ3n) is 1.08. The third-order valence-corrected chi connectivity index (χ3v) is 1.35. The summed E-state index contributed by atoms with van der Waals surface area (Å²) in [5, 5.41) is 0.